The van der Waals surface area contributed by atoms with E-state index in [0.717, 1.165) is 75.5 Å². The number of allylic oxidation sites excluding steroid dienone is 5. The quantitative estimate of drug-likeness (QED) is 0.254. The molecule has 6 nitrogen and oxygen atoms in total. The molecule has 51 heavy (non-hydrogen) atoms. The minimum atomic E-state index is -2.91. The molecule has 1 heterocycles. The molecule has 0 amide bonds. The van der Waals surface area contributed by atoms with Gasteiger partial charge in [-0.15, -0.1) is 6.58 Å². The van der Waals surface area contributed by atoms with Crippen LogP contribution in [0.15, 0.2) is 36.0 Å². The van der Waals surface area contributed by atoms with Crippen LogP contribution < -0.4 is 5.32 Å². The first-order valence-corrected chi connectivity index (χ1v) is 22.9. The zero-order chi connectivity index (χ0) is 37.4. The number of hydrogen-bond acceptors (Lipinski definition) is 5. The van der Waals surface area contributed by atoms with Crippen LogP contribution in [0.4, 0.5) is 0 Å². The van der Waals surface area contributed by atoms with E-state index in [1.165, 1.54) is 81.6 Å². The molecule has 8 atom stereocenters. The number of carbonyl (C=O) groups is 1. The van der Waals surface area contributed by atoms with Crippen molar-refractivity contribution >= 4 is 15.8 Å². The van der Waals surface area contributed by atoms with E-state index in [1.54, 1.807) is 6.08 Å². The molecule has 7 unspecified atom stereocenters. The molecule has 5 saturated carbocycles. The Hall–Kier alpha value is -1.44. The smallest absolute Gasteiger partial charge is 0.307 e. The molecule has 1 saturated heterocycles. The van der Waals surface area contributed by atoms with Gasteiger partial charge in [0.15, 0.2) is 0 Å². The Morgan fingerprint density at radius 2 is 1.61 bits per heavy atom. The van der Waals surface area contributed by atoms with Crippen LogP contribution in [0.5, 0.6) is 0 Å². The average molecular weight is 727 g/mol. The molecule has 0 aromatic heterocycles. The van der Waals surface area contributed by atoms with E-state index in [1.807, 2.05) is 20.8 Å². The van der Waals surface area contributed by atoms with Gasteiger partial charge in [0.2, 0.25) is 0 Å². The Bertz CT molecular complexity index is 1420. The van der Waals surface area contributed by atoms with Crippen molar-refractivity contribution in [3.8, 4) is 0 Å². The summed E-state index contributed by atoms with van der Waals surface area (Å²) in [5.74, 6) is 3.15. The Kier molecular flexibility index (Phi) is 12.6. The summed E-state index contributed by atoms with van der Waals surface area (Å²) < 4.78 is 24.0. The van der Waals surface area contributed by atoms with Crippen LogP contribution in [-0.2, 0) is 14.6 Å². The fourth-order valence-electron chi connectivity index (χ4n) is 13.5. The number of likely N-dealkylation sites (tertiary alicyclic amines) is 1. The lowest BCUT2D eigenvalue weighted by molar-refractivity contribution is -0.175. The van der Waals surface area contributed by atoms with Crippen LogP contribution in [0, 0.1) is 51.8 Å². The van der Waals surface area contributed by atoms with Gasteiger partial charge in [0.1, 0.15) is 9.84 Å². The SMILES string of the molecule is C=CC.CC.CC1(C)C(C=C2CC(C(=O)O)C2)=CCC2(C)C1CCC1(C)C3CCC4(NCCN5CCC(S(C)(=O)=O)CC5)CCC[C@@H]4C3CCC12. The van der Waals surface area contributed by atoms with Gasteiger partial charge in [0, 0.05) is 24.9 Å². The van der Waals surface area contributed by atoms with Crippen LogP contribution in [0.25, 0.3) is 0 Å². The summed E-state index contributed by atoms with van der Waals surface area (Å²) in [5.41, 5.74) is 4.02. The van der Waals surface area contributed by atoms with Gasteiger partial charge in [-0.3, -0.25) is 4.79 Å². The van der Waals surface area contributed by atoms with Gasteiger partial charge in [0.05, 0.1) is 11.2 Å². The molecule has 7 heteroatoms. The van der Waals surface area contributed by atoms with Crippen molar-refractivity contribution in [2.24, 2.45) is 51.8 Å². The summed E-state index contributed by atoms with van der Waals surface area (Å²) in [6.45, 7) is 23.5. The molecule has 0 aromatic rings. The highest BCUT2D eigenvalue weighted by Gasteiger charge is 2.65. The summed E-state index contributed by atoms with van der Waals surface area (Å²) in [6, 6.07) is 0. The zero-order valence-corrected chi connectivity index (χ0v) is 34.6. The third-order valence-corrected chi connectivity index (χ3v) is 17.6. The third-order valence-electron chi connectivity index (χ3n) is 15.9. The Morgan fingerprint density at radius 3 is 2.24 bits per heavy atom. The van der Waals surface area contributed by atoms with Crippen molar-refractivity contribution in [1.82, 2.24) is 10.2 Å². The zero-order valence-electron chi connectivity index (χ0n) is 33.7. The van der Waals surface area contributed by atoms with Gasteiger partial charge < -0.3 is 15.3 Å². The first-order valence-electron chi connectivity index (χ1n) is 21.0. The number of aliphatic carboxylic acids is 1. The monoisotopic (exact) mass is 727 g/mol. The molecule has 290 valence electrons. The van der Waals surface area contributed by atoms with Crippen molar-refractivity contribution in [3.05, 3.63) is 36.0 Å². The van der Waals surface area contributed by atoms with Crippen molar-refractivity contribution in [2.45, 2.75) is 149 Å². The lowest BCUT2D eigenvalue weighted by atomic mass is 9.37. The summed E-state index contributed by atoms with van der Waals surface area (Å²) in [4.78, 5) is 13.9. The highest BCUT2D eigenvalue weighted by Crippen LogP contribution is 2.72. The molecule has 6 aliphatic carbocycles. The maximum atomic E-state index is 12.0. The lowest BCUT2D eigenvalue weighted by Crippen LogP contribution is -2.63. The highest BCUT2D eigenvalue weighted by atomic mass is 32.2. The molecule has 6 fully saturated rings. The Balaban J connectivity index is 0.000000959. The molecular formula is C44H74N2O4S. The van der Waals surface area contributed by atoms with Crippen molar-refractivity contribution in [2.75, 3.05) is 32.4 Å². The first kappa shape index (κ1) is 40.7. The number of carboxylic acids is 1. The number of fused-ring (bicyclic) bond motifs is 7. The molecular weight excluding hydrogens is 653 g/mol. The van der Waals surface area contributed by atoms with Crippen molar-refractivity contribution in [1.29, 1.82) is 0 Å². The number of hydrogen-bond donors (Lipinski definition) is 2. The van der Waals surface area contributed by atoms with Gasteiger partial charge in [-0.1, -0.05) is 71.8 Å². The van der Waals surface area contributed by atoms with E-state index in [2.05, 4.69) is 56.6 Å². The summed E-state index contributed by atoms with van der Waals surface area (Å²) >= 11 is 0. The van der Waals surface area contributed by atoms with E-state index < -0.39 is 15.8 Å². The summed E-state index contributed by atoms with van der Waals surface area (Å²) in [7, 11) is -2.91. The van der Waals surface area contributed by atoms with Gasteiger partial charge in [-0.05, 0) is 155 Å². The number of nitrogens with zero attached hydrogens (tertiary/aromatic N) is 1. The van der Waals surface area contributed by atoms with Crippen molar-refractivity contribution < 1.29 is 18.3 Å². The molecule has 2 N–H and O–H groups in total. The van der Waals surface area contributed by atoms with Crippen LogP contribution in [-0.4, -0.2) is 67.6 Å². The predicted molar refractivity (Wildman–Crippen MR) is 212 cm³/mol. The summed E-state index contributed by atoms with van der Waals surface area (Å²) in [5, 5.41) is 13.4. The normalized spacial score (nSPS) is 40.2. The summed E-state index contributed by atoms with van der Waals surface area (Å²) in [6.07, 6.45) is 24.6. The second kappa shape index (κ2) is 15.7. The Morgan fingerprint density at radius 1 is 0.941 bits per heavy atom. The average Bonchev–Trinajstić information content (AvgIpc) is 3.49. The third kappa shape index (κ3) is 7.62. The van der Waals surface area contributed by atoms with Crippen LogP contribution in [0.2, 0.25) is 0 Å². The maximum absolute atomic E-state index is 12.0. The number of sulfone groups is 1. The van der Waals surface area contributed by atoms with Crippen LogP contribution >= 0.6 is 0 Å². The minimum absolute atomic E-state index is 0.129. The van der Waals surface area contributed by atoms with Gasteiger partial charge in [0.25, 0.3) is 0 Å². The van der Waals surface area contributed by atoms with E-state index in [4.69, 9.17) is 0 Å². The molecule has 1 aliphatic heterocycles. The number of rotatable bonds is 7. The largest absolute Gasteiger partial charge is 0.481 e. The molecule has 0 bridgehead atoms. The minimum Gasteiger partial charge on any atom is -0.481 e. The Labute approximate surface area is 312 Å². The predicted octanol–water partition coefficient (Wildman–Crippen LogP) is 9.48. The van der Waals surface area contributed by atoms with Gasteiger partial charge >= 0.3 is 5.97 Å². The van der Waals surface area contributed by atoms with Gasteiger partial charge in [-0.25, -0.2) is 8.42 Å². The fraction of sp³-hybridized carbons (Fsp3) is 0.841. The second-order valence-electron chi connectivity index (χ2n) is 18.7. The fourth-order valence-corrected chi connectivity index (χ4v) is 14.6. The standard InChI is InChI=1S/C39H62N2O4S.C3H6.C2H6/c1-36(2)28(25-26-23-27(24-26)35(42)43)10-16-38(4)33(36)12-17-37(3)31-11-18-39(15-6-7-32(39)30(31)8-9-34(37)38)40-19-22-41-20-13-29(14-21-41)46(5,44)45;1-3-2;1-2/h10,25,27,29-34,40H,6-9,11-24H2,1-5H3,(H,42,43);3H,1H2,2H3;1-2H3/t27?,30?,31?,32-,33?,34?,37?,38?,39?;;/m1../s1. The number of carboxylic acid groups (broad SMARTS) is 1. The molecule has 0 radical (unpaired) electrons. The number of piperidine rings is 1. The highest BCUT2D eigenvalue weighted by molar-refractivity contribution is 7.91. The van der Waals surface area contributed by atoms with Crippen LogP contribution in [0.1, 0.15) is 138 Å². The molecule has 0 aromatic carbocycles. The molecule has 0 spiro atoms. The van der Waals surface area contributed by atoms with Crippen LogP contribution in [0.3, 0.4) is 0 Å². The van der Waals surface area contributed by atoms with Gasteiger partial charge in [-0.2, -0.15) is 0 Å². The van der Waals surface area contributed by atoms with E-state index in [9.17, 15) is 18.3 Å². The topological polar surface area (TPSA) is 86.7 Å². The van der Waals surface area contributed by atoms with E-state index in [-0.39, 0.29) is 16.6 Å². The lowest BCUT2D eigenvalue weighted by Gasteiger charge is -2.68. The molecule has 7 rings (SSSR count). The number of nitrogens with one attached hydrogen (secondary N) is 1. The molecule has 7 aliphatic rings. The second-order valence-corrected chi connectivity index (χ2v) is 21.1. The van der Waals surface area contributed by atoms with E-state index in [0.29, 0.717) is 22.3 Å². The van der Waals surface area contributed by atoms with Crippen molar-refractivity contribution in [3.63, 3.8) is 0 Å². The first-order chi connectivity index (χ1) is 24.1. The van der Waals surface area contributed by atoms with E-state index >= 15 is 0 Å². The maximum Gasteiger partial charge on any atom is 0.307 e.